The molecule has 8 nitrogen and oxygen atoms in total. The monoisotopic (exact) mass is 264 g/mol. The second-order valence-corrected chi connectivity index (χ2v) is 4.46. The number of nitrogens with zero attached hydrogens (tertiary/aromatic N) is 5. The molecule has 1 aliphatic rings. The molecular formula is C11H16N6O2. The van der Waals surface area contributed by atoms with Gasteiger partial charge in [0.15, 0.2) is 11.5 Å². The highest BCUT2D eigenvalue weighted by Crippen LogP contribution is 2.17. The lowest BCUT2D eigenvalue weighted by Crippen LogP contribution is -2.43. The molecule has 0 atom stereocenters. The first kappa shape index (κ1) is 12.2. The lowest BCUT2D eigenvalue weighted by atomic mass is 10.2. The third kappa shape index (κ3) is 2.64. The molecule has 3 rings (SSSR count). The van der Waals surface area contributed by atoms with Gasteiger partial charge in [-0.05, 0) is 6.42 Å². The Morgan fingerprint density at radius 1 is 1.53 bits per heavy atom. The van der Waals surface area contributed by atoms with Crippen molar-refractivity contribution >= 4 is 0 Å². The molecule has 0 amide bonds. The second-order valence-electron chi connectivity index (χ2n) is 4.46. The Labute approximate surface area is 110 Å². The van der Waals surface area contributed by atoms with Crippen LogP contribution in [0.5, 0.6) is 0 Å². The Morgan fingerprint density at radius 2 is 2.42 bits per heavy atom. The minimum atomic E-state index is 0.359. The van der Waals surface area contributed by atoms with Crippen LogP contribution in [0.15, 0.2) is 10.7 Å². The van der Waals surface area contributed by atoms with Crippen molar-refractivity contribution in [2.75, 3.05) is 19.7 Å². The summed E-state index contributed by atoms with van der Waals surface area (Å²) in [7, 11) is 0. The van der Waals surface area contributed by atoms with E-state index in [9.17, 15) is 0 Å². The van der Waals surface area contributed by atoms with Crippen molar-refractivity contribution in [1.82, 2.24) is 30.5 Å². The van der Waals surface area contributed by atoms with Gasteiger partial charge in [-0.25, -0.2) is 4.68 Å². The summed E-state index contributed by atoms with van der Waals surface area (Å²) in [5, 5.41) is 15.2. The van der Waals surface area contributed by atoms with Crippen LogP contribution in [0.1, 0.15) is 25.2 Å². The summed E-state index contributed by atoms with van der Waals surface area (Å²) in [4.78, 5) is 4.23. The molecular weight excluding hydrogens is 248 g/mol. The van der Waals surface area contributed by atoms with Crippen molar-refractivity contribution in [2.45, 2.75) is 26.0 Å². The largest absolute Gasteiger partial charge is 0.373 e. The molecule has 2 aromatic heterocycles. The Bertz CT molecular complexity index is 533. The summed E-state index contributed by atoms with van der Waals surface area (Å²) < 4.78 is 12.3. The van der Waals surface area contributed by atoms with Gasteiger partial charge in [-0.15, -0.1) is 5.10 Å². The maximum Gasteiger partial charge on any atom is 0.280 e. The van der Waals surface area contributed by atoms with Crippen LogP contribution in [0.25, 0.3) is 11.6 Å². The van der Waals surface area contributed by atoms with Crippen molar-refractivity contribution in [3.05, 3.63) is 12.0 Å². The molecule has 3 heterocycles. The zero-order chi connectivity index (χ0) is 13.1. The number of aromatic nitrogens is 5. The Balaban J connectivity index is 1.66. The normalized spacial score (nSPS) is 15.6. The molecule has 1 fully saturated rings. The summed E-state index contributed by atoms with van der Waals surface area (Å²) in [5.41, 5.74) is 0.598. The highest BCUT2D eigenvalue weighted by atomic mass is 16.5. The fraction of sp³-hybridized carbons (Fsp3) is 0.636. The van der Waals surface area contributed by atoms with Crippen LogP contribution in [0.2, 0.25) is 0 Å². The first-order valence-corrected chi connectivity index (χ1v) is 6.40. The van der Waals surface area contributed by atoms with Gasteiger partial charge in [0.1, 0.15) is 6.61 Å². The predicted molar refractivity (Wildman–Crippen MR) is 65.2 cm³/mol. The maximum absolute atomic E-state index is 5.35. The van der Waals surface area contributed by atoms with Crippen LogP contribution < -0.4 is 5.32 Å². The van der Waals surface area contributed by atoms with Gasteiger partial charge in [0.2, 0.25) is 0 Å². The van der Waals surface area contributed by atoms with Gasteiger partial charge in [-0.3, -0.25) is 0 Å². The van der Waals surface area contributed by atoms with Gasteiger partial charge in [0.05, 0.1) is 12.2 Å². The van der Waals surface area contributed by atoms with Crippen molar-refractivity contribution < 1.29 is 9.26 Å². The Hall–Kier alpha value is -1.80. The van der Waals surface area contributed by atoms with Gasteiger partial charge >= 0.3 is 0 Å². The zero-order valence-electron chi connectivity index (χ0n) is 10.7. The smallest absolute Gasteiger partial charge is 0.280 e. The SMILES string of the molecule is CCCOCc1noc(-c2cn(C3CNC3)nn2)n1. The molecule has 0 radical (unpaired) electrons. The summed E-state index contributed by atoms with van der Waals surface area (Å²) in [6.45, 7) is 4.94. The fourth-order valence-electron chi connectivity index (χ4n) is 1.74. The molecule has 2 aromatic rings. The molecule has 1 aliphatic heterocycles. The van der Waals surface area contributed by atoms with Gasteiger partial charge in [-0.1, -0.05) is 17.3 Å². The van der Waals surface area contributed by atoms with E-state index in [0.717, 1.165) is 19.5 Å². The Morgan fingerprint density at radius 3 is 3.16 bits per heavy atom. The molecule has 0 unspecified atom stereocenters. The molecule has 19 heavy (non-hydrogen) atoms. The summed E-state index contributed by atoms with van der Waals surface area (Å²) in [6.07, 6.45) is 2.80. The van der Waals surface area contributed by atoms with E-state index < -0.39 is 0 Å². The summed E-state index contributed by atoms with van der Waals surface area (Å²) >= 11 is 0. The van der Waals surface area contributed by atoms with E-state index in [-0.39, 0.29) is 0 Å². The highest BCUT2D eigenvalue weighted by molar-refractivity contribution is 5.43. The van der Waals surface area contributed by atoms with Crippen molar-refractivity contribution in [3.8, 4) is 11.6 Å². The van der Waals surface area contributed by atoms with E-state index in [0.29, 0.717) is 36.7 Å². The van der Waals surface area contributed by atoms with Gasteiger partial charge < -0.3 is 14.6 Å². The number of hydrogen-bond donors (Lipinski definition) is 1. The molecule has 1 saturated heterocycles. The van der Waals surface area contributed by atoms with Crippen LogP contribution in [0.3, 0.4) is 0 Å². The number of nitrogens with one attached hydrogen (secondary N) is 1. The number of hydrogen-bond acceptors (Lipinski definition) is 7. The van der Waals surface area contributed by atoms with Gasteiger partial charge in [0.25, 0.3) is 5.89 Å². The van der Waals surface area contributed by atoms with Crippen LogP contribution in [-0.2, 0) is 11.3 Å². The van der Waals surface area contributed by atoms with Crippen LogP contribution >= 0.6 is 0 Å². The fourth-order valence-corrected chi connectivity index (χ4v) is 1.74. The predicted octanol–water partition coefficient (Wildman–Crippen LogP) is 0.399. The van der Waals surface area contributed by atoms with Gasteiger partial charge in [-0.2, -0.15) is 4.98 Å². The van der Waals surface area contributed by atoms with Crippen molar-refractivity contribution in [1.29, 1.82) is 0 Å². The molecule has 0 aromatic carbocycles. The van der Waals surface area contributed by atoms with E-state index >= 15 is 0 Å². The molecule has 8 heteroatoms. The maximum atomic E-state index is 5.35. The van der Waals surface area contributed by atoms with E-state index in [1.54, 1.807) is 0 Å². The number of rotatable bonds is 6. The van der Waals surface area contributed by atoms with Crippen LogP contribution in [0, 0.1) is 0 Å². The standard InChI is InChI=1S/C11H16N6O2/c1-2-3-18-7-10-13-11(19-15-10)9-6-17(16-14-9)8-4-12-5-8/h6,8,12H,2-5,7H2,1H3. The minimum absolute atomic E-state index is 0.359. The van der Waals surface area contributed by atoms with Crippen LogP contribution in [-0.4, -0.2) is 44.8 Å². The molecule has 0 spiro atoms. The second kappa shape index (κ2) is 5.45. The lowest BCUT2D eigenvalue weighted by Gasteiger charge is -2.26. The third-order valence-electron chi connectivity index (χ3n) is 2.91. The molecule has 1 N–H and O–H groups in total. The molecule has 102 valence electrons. The zero-order valence-corrected chi connectivity index (χ0v) is 10.7. The van der Waals surface area contributed by atoms with Crippen molar-refractivity contribution in [3.63, 3.8) is 0 Å². The van der Waals surface area contributed by atoms with Crippen LogP contribution in [0.4, 0.5) is 0 Å². The molecule has 0 bridgehead atoms. The van der Waals surface area contributed by atoms with E-state index in [1.807, 2.05) is 10.9 Å². The highest BCUT2D eigenvalue weighted by Gasteiger charge is 2.21. The molecule has 0 aliphatic carbocycles. The first-order valence-electron chi connectivity index (χ1n) is 6.40. The van der Waals surface area contributed by atoms with Crippen molar-refractivity contribution in [2.24, 2.45) is 0 Å². The average molecular weight is 264 g/mol. The minimum Gasteiger partial charge on any atom is -0.373 e. The van der Waals surface area contributed by atoms with E-state index in [1.165, 1.54) is 0 Å². The topological polar surface area (TPSA) is 90.9 Å². The van der Waals surface area contributed by atoms with E-state index in [4.69, 9.17) is 9.26 Å². The Kier molecular flexibility index (Phi) is 3.51. The summed E-state index contributed by atoms with van der Waals surface area (Å²) in [6, 6.07) is 0.372. The van der Waals surface area contributed by atoms with Gasteiger partial charge in [0, 0.05) is 19.7 Å². The molecule has 0 saturated carbocycles. The average Bonchev–Trinajstić information content (AvgIpc) is 2.96. The number of ether oxygens (including phenoxy) is 1. The third-order valence-corrected chi connectivity index (χ3v) is 2.91. The first-order chi connectivity index (χ1) is 9.36. The lowest BCUT2D eigenvalue weighted by molar-refractivity contribution is 0.114. The van der Waals surface area contributed by atoms with E-state index in [2.05, 4.69) is 32.7 Å². The quantitative estimate of drug-likeness (QED) is 0.755. The summed E-state index contributed by atoms with van der Waals surface area (Å²) in [5.74, 6) is 0.914.